The van der Waals surface area contributed by atoms with Crippen molar-refractivity contribution < 1.29 is 0 Å². The second kappa shape index (κ2) is 6.60. The topological polar surface area (TPSA) is 0 Å². The highest BCUT2D eigenvalue weighted by atomic mass is 14.0. The fourth-order valence-corrected chi connectivity index (χ4v) is 0.761. The predicted octanol–water partition coefficient (Wildman–Crippen LogP) is 3.55. The molecule has 0 rings (SSSR count). The van der Waals surface area contributed by atoms with Gasteiger partial charge >= 0.3 is 0 Å². The summed E-state index contributed by atoms with van der Waals surface area (Å²) in [6, 6.07) is 0. The molecule has 0 saturated carbocycles. The van der Waals surface area contributed by atoms with E-state index in [2.05, 4.69) is 32.6 Å². The minimum Gasteiger partial charge on any atom is -0.103 e. The summed E-state index contributed by atoms with van der Waals surface area (Å²) >= 11 is 0. The van der Waals surface area contributed by atoms with Crippen LogP contribution in [0.4, 0.5) is 0 Å². The SMILES string of the molecule is C=CC(C)CC/C=C\CC. The molecule has 0 aliphatic carbocycles. The number of rotatable bonds is 5. The molecular weight excluding hydrogens is 120 g/mol. The Bertz CT molecular complexity index is 101. The number of allylic oxidation sites excluding steroid dienone is 3. The van der Waals surface area contributed by atoms with E-state index in [1.807, 2.05) is 6.08 Å². The smallest absolute Gasteiger partial charge is 0.0262 e. The lowest BCUT2D eigenvalue weighted by molar-refractivity contribution is 0.658. The van der Waals surface area contributed by atoms with Crippen LogP contribution in [0.15, 0.2) is 24.8 Å². The molecule has 1 unspecified atom stereocenters. The fourth-order valence-electron chi connectivity index (χ4n) is 0.761. The van der Waals surface area contributed by atoms with Crippen LogP contribution in [0, 0.1) is 5.92 Å². The molecule has 0 N–H and O–H groups in total. The molecular formula is C10H18. The Labute approximate surface area is 64.6 Å². The van der Waals surface area contributed by atoms with Crippen LogP contribution < -0.4 is 0 Å². The first-order valence-electron chi connectivity index (χ1n) is 4.08. The third-order valence-corrected chi connectivity index (χ3v) is 1.59. The Morgan fingerprint density at radius 1 is 1.40 bits per heavy atom. The largest absolute Gasteiger partial charge is 0.103 e. The van der Waals surface area contributed by atoms with Crippen molar-refractivity contribution in [2.45, 2.75) is 33.1 Å². The fraction of sp³-hybridized carbons (Fsp3) is 0.600. The normalized spacial score (nSPS) is 13.8. The number of hydrogen-bond acceptors (Lipinski definition) is 0. The van der Waals surface area contributed by atoms with Crippen molar-refractivity contribution in [1.82, 2.24) is 0 Å². The molecule has 0 aliphatic rings. The Kier molecular flexibility index (Phi) is 6.25. The summed E-state index contributed by atoms with van der Waals surface area (Å²) in [5.41, 5.74) is 0. The van der Waals surface area contributed by atoms with E-state index in [0.717, 1.165) is 6.42 Å². The van der Waals surface area contributed by atoms with Crippen molar-refractivity contribution in [3.63, 3.8) is 0 Å². The van der Waals surface area contributed by atoms with E-state index in [4.69, 9.17) is 0 Å². The average molecular weight is 138 g/mol. The van der Waals surface area contributed by atoms with Gasteiger partial charge in [0.2, 0.25) is 0 Å². The zero-order valence-electron chi connectivity index (χ0n) is 7.14. The van der Waals surface area contributed by atoms with Crippen LogP contribution in [0.2, 0.25) is 0 Å². The maximum absolute atomic E-state index is 3.74. The van der Waals surface area contributed by atoms with Crippen molar-refractivity contribution in [2.75, 3.05) is 0 Å². The van der Waals surface area contributed by atoms with E-state index in [9.17, 15) is 0 Å². The standard InChI is InChI=1S/C10H18/c1-4-6-7-8-9-10(3)5-2/h5-7,10H,2,4,8-9H2,1,3H3/b7-6-. The highest BCUT2D eigenvalue weighted by molar-refractivity contribution is 4.83. The van der Waals surface area contributed by atoms with Gasteiger partial charge in [-0.05, 0) is 25.2 Å². The number of hydrogen-bond donors (Lipinski definition) is 0. The lowest BCUT2D eigenvalue weighted by atomic mass is 10.1. The lowest BCUT2D eigenvalue weighted by Gasteiger charge is -2.00. The summed E-state index contributed by atoms with van der Waals surface area (Å²) in [5.74, 6) is 0.668. The predicted molar refractivity (Wildman–Crippen MR) is 48.0 cm³/mol. The van der Waals surface area contributed by atoms with E-state index < -0.39 is 0 Å². The second-order valence-electron chi connectivity index (χ2n) is 2.67. The van der Waals surface area contributed by atoms with E-state index in [1.54, 1.807) is 0 Å². The van der Waals surface area contributed by atoms with Crippen molar-refractivity contribution in [3.8, 4) is 0 Å². The molecule has 0 heteroatoms. The molecule has 1 atom stereocenters. The van der Waals surface area contributed by atoms with Gasteiger partial charge < -0.3 is 0 Å². The molecule has 0 aromatic heterocycles. The summed E-state index contributed by atoms with van der Waals surface area (Å²) in [4.78, 5) is 0. The van der Waals surface area contributed by atoms with Crippen molar-refractivity contribution >= 4 is 0 Å². The van der Waals surface area contributed by atoms with Crippen molar-refractivity contribution in [1.29, 1.82) is 0 Å². The third-order valence-electron chi connectivity index (χ3n) is 1.59. The van der Waals surface area contributed by atoms with Gasteiger partial charge in [0.1, 0.15) is 0 Å². The van der Waals surface area contributed by atoms with Gasteiger partial charge in [0.25, 0.3) is 0 Å². The summed E-state index contributed by atoms with van der Waals surface area (Å²) in [5, 5.41) is 0. The summed E-state index contributed by atoms with van der Waals surface area (Å²) < 4.78 is 0. The van der Waals surface area contributed by atoms with E-state index in [1.165, 1.54) is 12.8 Å². The maximum atomic E-state index is 3.74. The zero-order chi connectivity index (χ0) is 7.82. The molecule has 0 fully saturated rings. The molecule has 0 aromatic carbocycles. The molecule has 0 bridgehead atoms. The van der Waals surface area contributed by atoms with E-state index in [0.29, 0.717) is 5.92 Å². The van der Waals surface area contributed by atoms with Crippen LogP contribution in [0.3, 0.4) is 0 Å². The average Bonchev–Trinajstić information content (AvgIpc) is 1.98. The summed E-state index contributed by atoms with van der Waals surface area (Å²) in [6.45, 7) is 8.10. The molecule has 0 radical (unpaired) electrons. The van der Waals surface area contributed by atoms with Crippen LogP contribution in [0.5, 0.6) is 0 Å². The summed E-state index contributed by atoms with van der Waals surface area (Å²) in [6.07, 6.45) is 10.1. The molecule has 0 spiro atoms. The van der Waals surface area contributed by atoms with Gasteiger partial charge in [0, 0.05) is 0 Å². The third kappa shape index (κ3) is 5.61. The van der Waals surface area contributed by atoms with Gasteiger partial charge in [0.15, 0.2) is 0 Å². The lowest BCUT2D eigenvalue weighted by Crippen LogP contribution is -1.85. The molecule has 0 amide bonds. The van der Waals surface area contributed by atoms with Gasteiger partial charge in [-0.1, -0.05) is 32.1 Å². The van der Waals surface area contributed by atoms with Crippen LogP contribution >= 0.6 is 0 Å². The highest BCUT2D eigenvalue weighted by Crippen LogP contribution is 2.06. The first-order valence-corrected chi connectivity index (χ1v) is 4.08. The van der Waals surface area contributed by atoms with Gasteiger partial charge in [0.05, 0.1) is 0 Å². The van der Waals surface area contributed by atoms with Gasteiger partial charge in [-0.2, -0.15) is 0 Å². The quantitative estimate of drug-likeness (QED) is 0.510. The van der Waals surface area contributed by atoms with Crippen LogP contribution in [0.25, 0.3) is 0 Å². The molecule has 0 saturated heterocycles. The highest BCUT2D eigenvalue weighted by Gasteiger charge is 1.91. The first-order chi connectivity index (χ1) is 4.81. The van der Waals surface area contributed by atoms with Gasteiger partial charge in [-0.3, -0.25) is 0 Å². The zero-order valence-corrected chi connectivity index (χ0v) is 7.14. The van der Waals surface area contributed by atoms with Crippen molar-refractivity contribution in [3.05, 3.63) is 24.8 Å². The summed E-state index contributed by atoms with van der Waals surface area (Å²) in [7, 11) is 0. The van der Waals surface area contributed by atoms with E-state index >= 15 is 0 Å². The van der Waals surface area contributed by atoms with Gasteiger partial charge in [-0.15, -0.1) is 6.58 Å². The molecule has 0 aromatic rings. The molecule has 0 aliphatic heterocycles. The molecule has 10 heavy (non-hydrogen) atoms. The van der Waals surface area contributed by atoms with Crippen LogP contribution in [-0.2, 0) is 0 Å². The Morgan fingerprint density at radius 3 is 2.60 bits per heavy atom. The Balaban J connectivity index is 3.18. The van der Waals surface area contributed by atoms with Crippen molar-refractivity contribution in [2.24, 2.45) is 5.92 Å². The second-order valence-corrected chi connectivity index (χ2v) is 2.67. The van der Waals surface area contributed by atoms with Crippen LogP contribution in [-0.4, -0.2) is 0 Å². The minimum atomic E-state index is 0.668. The van der Waals surface area contributed by atoms with Gasteiger partial charge in [-0.25, -0.2) is 0 Å². The maximum Gasteiger partial charge on any atom is -0.0262 e. The Morgan fingerprint density at radius 2 is 2.10 bits per heavy atom. The van der Waals surface area contributed by atoms with E-state index in [-0.39, 0.29) is 0 Å². The minimum absolute atomic E-state index is 0.668. The molecule has 0 heterocycles. The van der Waals surface area contributed by atoms with Crippen LogP contribution in [0.1, 0.15) is 33.1 Å². The monoisotopic (exact) mass is 138 g/mol. The first kappa shape index (κ1) is 9.48. The molecule has 58 valence electrons. The molecule has 0 nitrogen and oxygen atoms in total. The Hall–Kier alpha value is -0.520.